The van der Waals surface area contributed by atoms with Crippen molar-refractivity contribution >= 4 is 17.3 Å². The van der Waals surface area contributed by atoms with E-state index in [2.05, 4.69) is 4.74 Å². The number of ether oxygens (including phenoxy) is 1. The molecule has 7 heteroatoms. The van der Waals surface area contributed by atoms with E-state index in [0.29, 0.717) is 0 Å². The highest BCUT2D eigenvalue weighted by atomic mass is 35.5. The highest BCUT2D eigenvalue weighted by Gasteiger charge is 2.33. The van der Waals surface area contributed by atoms with Crippen LogP contribution in [0, 0.1) is 0 Å². The van der Waals surface area contributed by atoms with Gasteiger partial charge < -0.3 is 15.6 Å². The number of hydrogen-bond acceptors (Lipinski definition) is 3. The molecule has 0 aliphatic carbocycles. The Morgan fingerprint density at radius 2 is 2.00 bits per heavy atom. The Balaban J connectivity index is 3.15. The van der Waals surface area contributed by atoms with Crippen LogP contribution in [-0.2, 0) is 6.61 Å². The molecule has 0 fully saturated rings. The number of aliphatic hydroxyl groups excluding tert-OH is 1. The van der Waals surface area contributed by atoms with Gasteiger partial charge in [-0.05, 0) is 11.6 Å². The summed E-state index contributed by atoms with van der Waals surface area (Å²) in [5, 5.41) is 8.43. The van der Waals surface area contributed by atoms with Gasteiger partial charge in [-0.25, -0.2) is 0 Å². The van der Waals surface area contributed by atoms with Crippen molar-refractivity contribution in [1.29, 1.82) is 0 Å². The summed E-state index contributed by atoms with van der Waals surface area (Å²) in [5.41, 5.74) is 5.14. The largest absolute Gasteiger partial charge is 0.573 e. The topological polar surface area (TPSA) is 55.5 Å². The predicted molar refractivity (Wildman–Crippen MR) is 48.5 cm³/mol. The third-order valence-corrected chi connectivity index (χ3v) is 2.01. The fraction of sp³-hybridized carbons (Fsp3) is 0.250. The minimum atomic E-state index is -4.87. The first-order chi connectivity index (χ1) is 6.85. The summed E-state index contributed by atoms with van der Waals surface area (Å²) in [4.78, 5) is 0. The molecule has 1 aromatic rings. The van der Waals surface area contributed by atoms with Crippen molar-refractivity contribution < 1.29 is 23.0 Å². The zero-order valence-corrected chi connectivity index (χ0v) is 8.06. The summed E-state index contributed by atoms with van der Waals surface area (Å²) in [5.74, 6) is -0.685. The Morgan fingerprint density at radius 3 is 2.47 bits per heavy atom. The molecule has 0 amide bonds. The van der Waals surface area contributed by atoms with E-state index in [0.717, 1.165) is 0 Å². The summed E-state index contributed by atoms with van der Waals surface area (Å²) < 4.78 is 39.5. The molecule has 0 saturated heterocycles. The second-order valence-electron chi connectivity index (χ2n) is 2.66. The highest BCUT2D eigenvalue weighted by Crippen LogP contribution is 2.37. The number of halogens is 4. The first-order valence-corrected chi connectivity index (χ1v) is 4.16. The lowest BCUT2D eigenvalue weighted by Gasteiger charge is -2.14. The molecule has 0 saturated carbocycles. The standard InChI is InChI=1S/C8H7ClF3NO2/c9-6-4(3-14)1-2-5(13)7(6)15-8(10,11)12/h1-2,14H,3,13H2. The average molecular weight is 242 g/mol. The fourth-order valence-electron chi connectivity index (χ4n) is 0.953. The van der Waals surface area contributed by atoms with Gasteiger partial charge in [0, 0.05) is 0 Å². The predicted octanol–water partition coefficient (Wildman–Crippen LogP) is 2.31. The summed E-state index contributed by atoms with van der Waals surface area (Å²) in [7, 11) is 0. The molecule has 0 aromatic heterocycles. The van der Waals surface area contributed by atoms with E-state index >= 15 is 0 Å². The number of rotatable bonds is 2. The monoisotopic (exact) mass is 241 g/mol. The Bertz CT molecular complexity index is 368. The smallest absolute Gasteiger partial charge is 0.402 e. The lowest BCUT2D eigenvalue weighted by atomic mass is 10.2. The van der Waals surface area contributed by atoms with E-state index in [9.17, 15) is 13.2 Å². The van der Waals surface area contributed by atoms with E-state index < -0.39 is 18.7 Å². The lowest BCUT2D eigenvalue weighted by Crippen LogP contribution is -2.18. The van der Waals surface area contributed by atoms with Crippen molar-refractivity contribution in [2.45, 2.75) is 13.0 Å². The molecule has 1 rings (SSSR count). The number of nitrogens with two attached hydrogens (primary N) is 1. The van der Waals surface area contributed by atoms with Crippen molar-refractivity contribution in [3.8, 4) is 5.75 Å². The van der Waals surface area contributed by atoms with Gasteiger partial charge in [-0.1, -0.05) is 17.7 Å². The summed E-state index contributed by atoms with van der Waals surface area (Å²) in [6, 6.07) is 2.50. The van der Waals surface area contributed by atoms with Crippen molar-refractivity contribution in [3.05, 3.63) is 22.7 Å². The average Bonchev–Trinajstić information content (AvgIpc) is 2.11. The van der Waals surface area contributed by atoms with E-state index in [1.54, 1.807) is 0 Å². The number of benzene rings is 1. The minimum Gasteiger partial charge on any atom is -0.402 e. The van der Waals surface area contributed by atoms with Gasteiger partial charge >= 0.3 is 6.36 Å². The van der Waals surface area contributed by atoms with Crippen LogP contribution in [0.2, 0.25) is 5.02 Å². The third-order valence-electron chi connectivity index (χ3n) is 1.60. The number of aliphatic hydroxyl groups is 1. The normalized spacial score (nSPS) is 11.5. The lowest BCUT2D eigenvalue weighted by molar-refractivity contribution is -0.274. The molecule has 0 heterocycles. The molecule has 15 heavy (non-hydrogen) atoms. The van der Waals surface area contributed by atoms with E-state index in [1.165, 1.54) is 12.1 Å². The molecule has 0 spiro atoms. The molecule has 0 unspecified atom stereocenters. The molecule has 3 N–H and O–H groups in total. The maximum Gasteiger partial charge on any atom is 0.573 e. The minimum absolute atomic E-state index is 0.116. The van der Waals surface area contributed by atoms with Crippen molar-refractivity contribution in [2.75, 3.05) is 5.73 Å². The Labute approximate surface area is 88.2 Å². The molecular formula is C8H7ClF3NO2. The van der Waals surface area contributed by atoms with Crippen LogP contribution in [0.25, 0.3) is 0 Å². The van der Waals surface area contributed by atoms with Gasteiger partial charge in [0.05, 0.1) is 17.3 Å². The SMILES string of the molecule is Nc1ccc(CO)c(Cl)c1OC(F)(F)F. The van der Waals surface area contributed by atoms with Crippen molar-refractivity contribution in [2.24, 2.45) is 0 Å². The molecule has 0 bridgehead atoms. The zero-order valence-electron chi connectivity index (χ0n) is 7.31. The van der Waals surface area contributed by atoms with Crippen LogP contribution in [0.1, 0.15) is 5.56 Å². The Hall–Kier alpha value is -1.14. The molecule has 0 atom stereocenters. The van der Waals surface area contributed by atoms with Gasteiger partial charge in [0.15, 0.2) is 5.75 Å². The van der Waals surface area contributed by atoms with Gasteiger partial charge in [0.25, 0.3) is 0 Å². The van der Waals surface area contributed by atoms with Gasteiger partial charge in [0.1, 0.15) is 0 Å². The third kappa shape index (κ3) is 2.90. The highest BCUT2D eigenvalue weighted by molar-refractivity contribution is 6.33. The second-order valence-corrected chi connectivity index (χ2v) is 3.04. The zero-order chi connectivity index (χ0) is 11.6. The van der Waals surface area contributed by atoms with Gasteiger partial charge in [-0.3, -0.25) is 0 Å². The van der Waals surface area contributed by atoms with Crippen LogP contribution in [0.4, 0.5) is 18.9 Å². The number of alkyl halides is 3. The Kier molecular flexibility index (Phi) is 3.31. The van der Waals surface area contributed by atoms with E-state index in [4.69, 9.17) is 22.4 Å². The van der Waals surface area contributed by atoms with Crippen LogP contribution in [0.3, 0.4) is 0 Å². The van der Waals surface area contributed by atoms with E-state index in [1.807, 2.05) is 0 Å². The molecule has 1 aromatic carbocycles. The molecule has 0 radical (unpaired) electrons. The Morgan fingerprint density at radius 1 is 1.40 bits per heavy atom. The van der Waals surface area contributed by atoms with Crippen LogP contribution in [-0.4, -0.2) is 11.5 Å². The number of hydrogen-bond donors (Lipinski definition) is 2. The second kappa shape index (κ2) is 4.16. The summed E-state index contributed by atoms with van der Waals surface area (Å²) in [6.07, 6.45) is -4.87. The first kappa shape index (κ1) is 11.9. The van der Waals surface area contributed by atoms with Crippen molar-refractivity contribution in [1.82, 2.24) is 0 Å². The summed E-state index contributed by atoms with van der Waals surface area (Å²) >= 11 is 5.56. The van der Waals surface area contributed by atoms with E-state index in [-0.39, 0.29) is 16.3 Å². The van der Waals surface area contributed by atoms with Gasteiger partial charge in [0.2, 0.25) is 0 Å². The van der Waals surface area contributed by atoms with Crippen LogP contribution in [0.5, 0.6) is 5.75 Å². The van der Waals surface area contributed by atoms with Crippen LogP contribution < -0.4 is 10.5 Å². The first-order valence-electron chi connectivity index (χ1n) is 3.78. The van der Waals surface area contributed by atoms with Crippen LogP contribution >= 0.6 is 11.6 Å². The quantitative estimate of drug-likeness (QED) is 0.782. The molecule has 84 valence electrons. The molecular weight excluding hydrogens is 235 g/mol. The fourth-order valence-corrected chi connectivity index (χ4v) is 1.22. The molecule has 0 aliphatic rings. The molecule has 0 aliphatic heterocycles. The number of anilines is 1. The number of nitrogen functional groups attached to an aromatic ring is 1. The van der Waals surface area contributed by atoms with Gasteiger partial charge in [-0.2, -0.15) is 0 Å². The van der Waals surface area contributed by atoms with Gasteiger partial charge in [-0.15, -0.1) is 13.2 Å². The maximum absolute atomic E-state index is 11.9. The summed E-state index contributed by atoms with van der Waals surface area (Å²) in [6.45, 7) is -0.493. The molecule has 3 nitrogen and oxygen atoms in total. The van der Waals surface area contributed by atoms with Crippen LogP contribution in [0.15, 0.2) is 12.1 Å². The maximum atomic E-state index is 11.9. The van der Waals surface area contributed by atoms with Crippen molar-refractivity contribution in [3.63, 3.8) is 0 Å².